The van der Waals surface area contributed by atoms with Gasteiger partial charge in [-0.3, -0.25) is 0 Å². The number of methoxy groups -OCH3 is 1. The maximum atomic E-state index is 13.6. The third-order valence-electron chi connectivity index (χ3n) is 7.57. The maximum absolute atomic E-state index is 13.6. The third kappa shape index (κ3) is 8.72. The fourth-order valence-electron chi connectivity index (χ4n) is 5.22. The number of hydrogen-bond donors (Lipinski definition) is 4. The van der Waals surface area contributed by atoms with Crippen LogP contribution in [0.4, 0.5) is 14.5 Å². The molecule has 0 saturated carbocycles. The summed E-state index contributed by atoms with van der Waals surface area (Å²) in [7, 11) is -3.17. The molecule has 1 heterocycles. The number of aliphatic hydroxyl groups is 4. The van der Waals surface area contributed by atoms with Crippen LogP contribution in [0.2, 0.25) is 0 Å². The third-order valence-corrected chi connectivity index (χ3v) is 8.76. The number of rotatable bonds is 15. The molecule has 13 heteroatoms. The average Bonchev–Trinajstić information content (AvgIpc) is 2.96. The minimum atomic E-state index is -4.30. The Morgan fingerprint density at radius 3 is 2.05 bits per heavy atom. The molecule has 4 rings (SSSR count). The molecule has 44 heavy (non-hydrogen) atoms. The largest absolute Gasteiger partial charge is 0.391 e. The monoisotopic (exact) mass is 637 g/mol. The minimum Gasteiger partial charge on any atom is -0.391 e. The average molecular weight is 638 g/mol. The molecule has 3 unspecified atom stereocenters. The molecule has 0 aliphatic carbocycles. The maximum Gasteiger partial charge on any atom is 0.311 e. The molecule has 0 radical (unpaired) electrons. The van der Waals surface area contributed by atoms with Gasteiger partial charge >= 0.3 is 10.1 Å². The van der Waals surface area contributed by atoms with E-state index in [1.165, 1.54) is 43.3 Å². The quantitative estimate of drug-likeness (QED) is 0.145. The second-order valence-corrected chi connectivity index (χ2v) is 12.4. The van der Waals surface area contributed by atoms with Crippen molar-refractivity contribution >= 4 is 15.8 Å². The normalized spacial score (nSPS) is 19.7. The highest BCUT2D eigenvalue weighted by atomic mass is 32.2. The van der Waals surface area contributed by atoms with Crippen molar-refractivity contribution in [2.45, 2.75) is 56.7 Å². The van der Waals surface area contributed by atoms with Crippen molar-refractivity contribution in [1.82, 2.24) is 0 Å². The molecule has 1 aliphatic heterocycles. The molecule has 3 aromatic rings. The number of nitrogens with zero attached hydrogens (tertiary/aromatic N) is 1. The highest BCUT2D eigenvalue weighted by Gasteiger charge is 2.40. The molecule has 4 N–H and O–H groups in total. The van der Waals surface area contributed by atoms with Crippen LogP contribution in [0.5, 0.6) is 5.75 Å². The first kappa shape index (κ1) is 33.7. The number of aliphatic hydroxyl groups excluding tert-OH is 3. The Balaban J connectivity index is 1.46. The zero-order valence-corrected chi connectivity index (χ0v) is 25.1. The number of benzene rings is 3. The molecule has 0 aromatic heterocycles. The van der Waals surface area contributed by atoms with Gasteiger partial charge in [0.2, 0.25) is 12.6 Å². The lowest BCUT2D eigenvalue weighted by Crippen LogP contribution is -2.50. The standard InChI is InChI=1S/C31H37F2NO9S/c1-19(35)28(42-31(41-2)30(37)38)18-44(39,40)43-26-14-5-21(6-15-26)29-22(17-34(29)25-12-10-24(33)11-13-25)7-16-27(36)20-3-8-23(32)9-4-20/h3-6,8-15,19,22,27-31,35-38H,7,16-18H2,1-2H3/t19?,22-,27-,28?,29+,31?/m0/s1. The van der Waals surface area contributed by atoms with Gasteiger partial charge in [0, 0.05) is 25.3 Å². The summed E-state index contributed by atoms with van der Waals surface area (Å²) in [6, 6.07) is 18.1. The van der Waals surface area contributed by atoms with Crippen molar-refractivity contribution in [1.29, 1.82) is 0 Å². The lowest BCUT2D eigenvalue weighted by Gasteiger charge is -2.50. The van der Waals surface area contributed by atoms with Gasteiger partial charge in [-0.05, 0) is 79.4 Å². The smallest absolute Gasteiger partial charge is 0.311 e. The van der Waals surface area contributed by atoms with Crippen LogP contribution >= 0.6 is 0 Å². The van der Waals surface area contributed by atoms with Crippen molar-refractivity contribution in [3.63, 3.8) is 0 Å². The Morgan fingerprint density at radius 2 is 1.50 bits per heavy atom. The molecule has 10 nitrogen and oxygen atoms in total. The molecule has 6 atom stereocenters. The summed E-state index contributed by atoms with van der Waals surface area (Å²) in [4.78, 5) is 2.09. The van der Waals surface area contributed by atoms with E-state index in [0.717, 1.165) is 18.4 Å². The van der Waals surface area contributed by atoms with Gasteiger partial charge in [-0.1, -0.05) is 24.3 Å². The number of hydrogen-bond acceptors (Lipinski definition) is 10. The van der Waals surface area contributed by atoms with Crippen LogP contribution in [0, 0.1) is 17.6 Å². The molecular weight excluding hydrogens is 600 g/mol. The van der Waals surface area contributed by atoms with Crippen molar-refractivity contribution in [3.8, 4) is 5.75 Å². The molecule has 1 aliphatic rings. The van der Waals surface area contributed by atoms with Crippen molar-refractivity contribution in [3.05, 3.63) is 95.6 Å². The van der Waals surface area contributed by atoms with E-state index < -0.39 is 46.8 Å². The van der Waals surface area contributed by atoms with Gasteiger partial charge in [0.25, 0.3) is 0 Å². The van der Waals surface area contributed by atoms with Crippen LogP contribution in [0.25, 0.3) is 0 Å². The predicted molar refractivity (Wildman–Crippen MR) is 157 cm³/mol. The summed E-state index contributed by atoms with van der Waals surface area (Å²) in [6.07, 6.45) is -6.02. The Bertz CT molecular complexity index is 1440. The first-order valence-corrected chi connectivity index (χ1v) is 15.6. The van der Waals surface area contributed by atoms with Crippen LogP contribution in [0.15, 0.2) is 72.8 Å². The first-order valence-electron chi connectivity index (χ1n) is 14.1. The summed E-state index contributed by atoms with van der Waals surface area (Å²) >= 11 is 0. The summed E-state index contributed by atoms with van der Waals surface area (Å²) < 4.78 is 67.7. The van der Waals surface area contributed by atoms with E-state index in [4.69, 9.17) is 13.7 Å². The fraction of sp³-hybridized carbons (Fsp3) is 0.419. The van der Waals surface area contributed by atoms with Crippen molar-refractivity contribution in [2.24, 2.45) is 5.92 Å². The van der Waals surface area contributed by atoms with E-state index in [0.29, 0.717) is 24.9 Å². The van der Waals surface area contributed by atoms with Crippen molar-refractivity contribution < 1.29 is 51.3 Å². The van der Waals surface area contributed by atoms with Crippen molar-refractivity contribution in [2.75, 3.05) is 24.3 Å². The Labute approximate surface area is 255 Å². The molecule has 1 saturated heterocycles. The second-order valence-electron chi connectivity index (χ2n) is 10.8. The van der Waals surface area contributed by atoms with Crippen LogP contribution < -0.4 is 9.08 Å². The van der Waals surface area contributed by atoms with Gasteiger partial charge in [0.1, 0.15) is 29.2 Å². The van der Waals surface area contributed by atoms with E-state index in [-0.39, 0.29) is 29.3 Å². The van der Waals surface area contributed by atoms with E-state index in [1.807, 2.05) is 0 Å². The molecule has 3 aromatic carbocycles. The highest BCUT2D eigenvalue weighted by Crippen LogP contribution is 2.45. The predicted octanol–water partition coefficient (Wildman–Crippen LogP) is 3.41. The Kier molecular flexibility index (Phi) is 11.3. The molecule has 1 fully saturated rings. The Morgan fingerprint density at radius 1 is 0.909 bits per heavy atom. The number of anilines is 1. The van der Waals surface area contributed by atoms with Crippen LogP contribution in [-0.2, 0) is 19.6 Å². The summed E-state index contributed by atoms with van der Waals surface area (Å²) in [5.41, 5.74) is 2.27. The van der Waals surface area contributed by atoms with Gasteiger partial charge in [0.05, 0.1) is 18.2 Å². The molecule has 0 amide bonds. The zero-order valence-electron chi connectivity index (χ0n) is 24.2. The fourth-order valence-corrected chi connectivity index (χ4v) is 6.45. The SMILES string of the molecule is COC(OC(CS(=O)(=O)Oc1ccc([C@@H]2[C@@H](CC[C@H](O)c3ccc(F)cc3)CN2c2ccc(F)cc2)cc1)C(C)O)C(O)O. The molecule has 0 bridgehead atoms. The van der Waals surface area contributed by atoms with Gasteiger partial charge in [-0.2, -0.15) is 8.42 Å². The summed E-state index contributed by atoms with van der Waals surface area (Å²) in [5, 5.41) is 39.3. The van der Waals surface area contributed by atoms with Gasteiger partial charge in [0.15, 0.2) is 0 Å². The van der Waals surface area contributed by atoms with Crippen LogP contribution in [0.3, 0.4) is 0 Å². The number of ether oxygens (including phenoxy) is 2. The lowest BCUT2D eigenvalue weighted by molar-refractivity contribution is -0.265. The van der Waals surface area contributed by atoms with Crippen LogP contribution in [0.1, 0.15) is 43.0 Å². The molecular formula is C31H37F2NO9S. The van der Waals surface area contributed by atoms with E-state index in [9.17, 15) is 37.6 Å². The second kappa shape index (κ2) is 14.7. The van der Waals surface area contributed by atoms with E-state index in [2.05, 4.69) is 4.90 Å². The lowest BCUT2D eigenvalue weighted by atomic mass is 9.79. The topological polar surface area (TPSA) is 146 Å². The van der Waals surface area contributed by atoms with Gasteiger partial charge in [-0.25, -0.2) is 8.78 Å². The number of halogens is 2. The summed E-state index contributed by atoms with van der Waals surface area (Å²) in [6.45, 7) is 1.93. The van der Waals surface area contributed by atoms with Gasteiger partial charge < -0.3 is 39.0 Å². The molecule has 0 spiro atoms. The van der Waals surface area contributed by atoms with Crippen LogP contribution in [-0.4, -0.2) is 73.0 Å². The van der Waals surface area contributed by atoms with Gasteiger partial charge in [-0.15, -0.1) is 0 Å². The first-order chi connectivity index (χ1) is 20.9. The zero-order chi connectivity index (χ0) is 32.0. The minimum absolute atomic E-state index is 0.0134. The Hall–Kier alpha value is -3.17. The van der Waals surface area contributed by atoms with E-state index in [1.54, 1.807) is 36.4 Å². The molecule has 240 valence electrons. The highest BCUT2D eigenvalue weighted by molar-refractivity contribution is 7.87. The van der Waals surface area contributed by atoms with E-state index >= 15 is 0 Å². The summed E-state index contributed by atoms with van der Waals surface area (Å²) in [5.74, 6) is -1.42.